The molecule has 0 bridgehead atoms. The topological polar surface area (TPSA) is 105 Å². The first kappa shape index (κ1) is 25.5. The molecule has 0 saturated heterocycles. The maximum absolute atomic E-state index is 13.1. The Morgan fingerprint density at radius 2 is 1.79 bits per heavy atom. The molecule has 2 aromatic carbocycles. The molecule has 34 heavy (non-hydrogen) atoms. The van der Waals surface area contributed by atoms with Gasteiger partial charge in [0.1, 0.15) is 17.5 Å². The van der Waals surface area contributed by atoms with Crippen molar-refractivity contribution in [3.05, 3.63) is 47.5 Å². The molecular weight excluding hydrogens is 458 g/mol. The van der Waals surface area contributed by atoms with Crippen LogP contribution in [0.2, 0.25) is 0 Å². The maximum atomic E-state index is 13.1. The number of fused-ring (bicyclic) bond motifs is 1. The summed E-state index contributed by atoms with van der Waals surface area (Å²) in [4.78, 5) is 27.1. The van der Waals surface area contributed by atoms with Gasteiger partial charge in [-0.3, -0.25) is 14.5 Å². The summed E-state index contributed by atoms with van der Waals surface area (Å²) in [5, 5.41) is 2.87. The third-order valence-electron chi connectivity index (χ3n) is 5.97. The predicted molar refractivity (Wildman–Crippen MR) is 129 cm³/mol. The zero-order valence-electron chi connectivity index (χ0n) is 20.1. The van der Waals surface area contributed by atoms with Crippen LogP contribution >= 0.6 is 0 Å². The van der Waals surface area contributed by atoms with Crippen LogP contribution in [-0.2, 0) is 32.6 Å². The number of carbonyl (C=O) groups is 2. The Hall–Kier alpha value is -3.11. The SMILES string of the molecule is CCN(CC)S(=O)(=O)c1ccc2c(c1)CC(C(=O)NCc1ccc(OC)cc1OC)N2C(C)=O. The summed E-state index contributed by atoms with van der Waals surface area (Å²) in [7, 11) is -0.557. The van der Waals surface area contributed by atoms with Gasteiger partial charge in [0.15, 0.2) is 0 Å². The van der Waals surface area contributed by atoms with Gasteiger partial charge in [0.25, 0.3) is 0 Å². The second kappa shape index (κ2) is 10.4. The molecule has 10 heteroatoms. The van der Waals surface area contributed by atoms with Crippen LogP contribution in [0.3, 0.4) is 0 Å². The Morgan fingerprint density at radius 3 is 2.38 bits per heavy atom. The van der Waals surface area contributed by atoms with E-state index in [1.807, 2.05) is 0 Å². The molecule has 1 unspecified atom stereocenters. The van der Waals surface area contributed by atoms with Crippen molar-refractivity contribution >= 4 is 27.5 Å². The summed E-state index contributed by atoms with van der Waals surface area (Å²) in [6.07, 6.45) is 0.224. The van der Waals surface area contributed by atoms with Gasteiger partial charge in [0.05, 0.1) is 19.1 Å². The normalized spacial score (nSPS) is 15.2. The molecule has 1 N–H and O–H groups in total. The maximum Gasteiger partial charge on any atom is 0.243 e. The largest absolute Gasteiger partial charge is 0.497 e. The Balaban J connectivity index is 1.83. The van der Waals surface area contributed by atoms with Crippen molar-refractivity contribution in [2.24, 2.45) is 0 Å². The predicted octanol–water partition coefficient (Wildman–Crippen LogP) is 2.33. The second-order valence-corrected chi connectivity index (χ2v) is 9.82. The van der Waals surface area contributed by atoms with Gasteiger partial charge in [-0.15, -0.1) is 0 Å². The molecule has 0 aromatic heterocycles. The van der Waals surface area contributed by atoms with Crippen molar-refractivity contribution in [3.8, 4) is 11.5 Å². The lowest BCUT2D eigenvalue weighted by Crippen LogP contribution is -2.47. The monoisotopic (exact) mass is 489 g/mol. The summed E-state index contributed by atoms with van der Waals surface area (Å²) >= 11 is 0. The first-order valence-electron chi connectivity index (χ1n) is 11.1. The summed E-state index contributed by atoms with van der Waals surface area (Å²) in [6.45, 7) is 5.87. The lowest BCUT2D eigenvalue weighted by molar-refractivity contribution is -0.125. The molecule has 1 atom stereocenters. The average Bonchev–Trinajstić information content (AvgIpc) is 3.22. The lowest BCUT2D eigenvalue weighted by Gasteiger charge is -2.24. The van der Waals surface area contributed by atoms with E-state index < -0.39 is 16.1 Å². The van der Waals surface area contributed by atoms with Gasteiger partial charge in [-0.05, 0) is 35.9 Å². The molecule has 2 aromatic rings. The molecular formula is C24H31N3O6S. The minimum absolute atomic E-state index is 0.155. The van der Waals surface area contributed by atoms with Gasteiger partial charge in [-0.2, -0.15) is 4.31 Å². The van der Waals surface area contributed by atoms with Crippen molar-refractivity contribution < 1.29 is 27.5 Å². The zero-order valence-corrected chi connectivity index (χ0v) is 20.9. The van der Waals surface area contributed by atoms with Crippen LogP contribution in [-0.4, -0.2) is 57.9 Å². The summed E-state index contributed by atoms with van der Waals surface area (Å²) < 4.78 is 37.8. The van der Waals surface area contributed by atoms with E-state index in [0.717, 1.165) is 5.56 Å². The molecule has 0 spiro atoms. The van der Waals surface area contributed by atoms with Crippen LogP contribution in [0.5, 0.6) is 11.5 Å². The third kappa shape index (κ3) is 4.88. The number of benzene rings is 2. The number of anilines is 1. The Bertz CT molecular complexity index is 1180. The number of ether oxygens (including phenoxy) is 2. The number of nitrogens with zero attached hydrogens (tertiary/aromatic N) is 2. The standard InChI is InChI=1S/C24H31N3O6S/c1-6-26(7-2)34(30,31)20-10-11-21-18(12-20)13-22(27(21)16(3)28)24(29)25-15-17-8-9-19(32-4)14-23(17)33-5/h8-12,14,22H,6-7,13,15H2,1-5H3,(H,25,29). The number of hydrogen-bond acceptors (Lipinski definition) is 6. The number of amides is 2. The van der Waals surface area contributed by atoms with Crippen molar-refractivity contribution in [2.75, 3.05) is 32.2 Å². The quantitative estimate of drug-likeness (QED) is 0.580. The fraction of sp³-hybridized carbons (Fsp3) is 0.417. The van der Waals surface area contributed by atoms with E-state index >= 15 is 0 Å². The van der Waals surface area contributed by atoms with E-state index in [-0.39, 0.29) is 29.7 Å². The third-order valence-corrected chi connectivity index (χ3v) is 8.01. The highest BCUT2D eigenvalue weighted by molar-refractivity contribution is 7.89. The van der Waals surface area contributed by atoms with Crippen molar-refractivity contribution in [3.63, 3.8) is 0 Å². The highest BCUT2D eigenvalue weighted by Crippen LogP contribution is 2.35. The molecule has 1 heterocycles. The van der Waals surface area contributed by atoms with Crippen LogP contribution in [0.1, 0.15) is 31.9 Å². The molecule has 0 radical (unpaired) electrons. The molecule has 0 saturated carbocycles. The summed E-state index contributed by atoms with van der Waals surface area (Å²) in [6, 6.07) is 9.19. The van der Waals surface area contributed by atoms with E-state index in [1.165, 1.54) is 29.3 Å². The number of sulfonamides is 1. The van der Waals surface area contributed by atoms with Gasteiger partial charge in [-0.25, -0.2) is 8.42 Å². The molecule has 1 aliphatic rings. The molecule has 9 nitrogen and oxygen atoms in total. The zero-order chi connectivity index (χ0) is 25.0. The van der Waals surface area contributed by atoms with Crippen molar-refractivity contribution in [1.29, 1.82) is 0 Å². The van der Waals surface area contributed by atoms with E-state index in [0.29, 0.717) is 35.8 Å². The summed E-state index contributed by atoms with van der Waals surface area (Å²) in [5.41, 5.74) is 1.95. The Kier molecular flexibility index (Phi) is 7.83. The first-order chi connectivity index (χ1) is 16.2. The second-order valence-electron chi connectivity index (χ2n) is 7.88. The van der Waals surface area contributed by atoms with E-state index in [9.17, 15) is 18.0 Å². The molecule has 2 amide bonds. The Labute approximate surface area is 200 Å². The molecule has 0 fully saturated rings. The average molecular weight is 490 g/mol. The number of rotatable bonds is 9. The number of hydrogen-bond donors (Lipinski definition) is 1. The fourth-order valence-corrected chi connectivity index (χ4v) is 5.71. The van der Waals surface area contributed by atoms with Crippen molar-refractivity contribution in [1.82, 2.24) is 9.62 Å². The Morgan fingerprint density at radius 1 is 1.09 bits per heavy atom. The van der Waals surface area contributed by atoms with Crippen LogP contribution < -0.4 is 19.7 Å². The highest BCUT2D eigenvalue weighted by atomic mass is 32.2. The fourth-order valence-electron chi connectivity index (χ4n) is 4.20. The highest BCUT2D eigenvalue weighted by Gasteiger charge is 2.38. The minimum atomic E-state index is -3.65. The van der Waals surface area contributed by atoms with Gasteiger partial charge < -0.3 is 14.8 Å². The molecule has 1 aliphatic heterocycles. The van der Waals surface area contributed by atoms with E-state index in [1.54, 1.807) is 51.3 Å². The minimum Gasteiger partial charge on any atom is -0.497 e. The lowest BCUT2D eigenvalue weighted by atomic mass is 10.1. The molecule has 184 valence electrons. The van der Waals surface area contributed by atoms with Gasteiger partial charge in [-0.1, -0.05) is 13.8 Å². The van der Waals surface area contributed by atoms with E-state index in [2.05, 4.69) is 5.32 Å². The van der Waals surface area contributed by atoms with Crippen molar-refractivity contribution in [2.45, 2.75) is 44.7 Å². The van der Waals surface area contributed by atoms with Crippen LogP contribution in [0.25, 0.3) is 0 Å². The van der Waals surface area contributed by atoms with Gasteiger partial charge >= 0.3 is 0 Å². The van der Waals surface area contributed by atoms with Crippen LogP contribution in [0.15, 0.2) is 41.3 Å². The van der Waals surface area contributed by atoms with Crippen LogP contribution in [0, 0.1) is 0 Å². The summed E-state index contributed by atoms with van der Waals surface area (Å²) in [5.74, 6) is 0.582. The number of nitrogens with one attached hydrogen (secondary N) is 1. The van der Waals surface area contributed by atoms with Gasteiger partial charge in [0.2, 0.25) is 21.8 Å². The van der Waals surface area contributed by atoms with Crippen LogP contribution in [0.4, 0.5) is 5.69 Å². The van der Waals surface area contributed by atoms with Gasteiger partial charge in [0, 0.05) is 50.3 Å². The smallest absolute Gasteiger partial charge is 0.243 e. The first-order valence-corrected chi connectivity index (χ1v) is 12.5. The number of methoxy groups -OCH3 is 2. The van der Waals surface area contributed by atoms with E-state index in [4.69, 9.17) is 9.47 Å². The number of carbonyl (C=O) groups excluding carboxylic acids is 2. The molecule has 0 aliphatic carbocycles. The molecule has 3 rings (SSSR count).